The Balaban J connectivity index is 0.000000265. The fraction of sp³-hybridized carbons (Fsp3) is 0.478. The first-order valence-corrected chi connectivity index (χ1v) is 33.1. The largest absolute Gasteiger partial charge is 0.460 e. The number of carbonyl (C=O) groups excluding carboxylic acids is 6. The molecule has 5 amide bonds. The molecule has 4 N–H and O–H groups in total. The molecule has 0 radical (unpaired) electrons. The van der Waals surface area contributed by atoms with Crippen LogP contribution >= 0.6 is 39.1 Å². The normalized spacial score (nSPS) is 13.9. The molecule has 97 heavy (non-hydrogen) atoms. The zero-order chi connectivity index (χ0) is 72.0. The second-order valence-electron chi connectivity index (χ2n) is 28.5. The van der Waals surface area contributed by atoms with Crippen LogP contribution in [0.2, 0.25) is 10.0 Å². The van der Waals surface area contributed by atoms with Crippen molar-refractivity contribution in [2.45, 2.75) is 165 Å². The maximum atomic E-state index is 12.8. The fourth-order valence-electron chi connectivity index (χ4n) is 8.96. The molecule has 0 saturated carbocycles. The number of ether oxygens (including phenoxy) is 6. The predicted octanol–water partition coefficient (Wildman–Crippen LogP) is 14.9. The third-order valence-electron chi connectivity index (χ3n) is 12.7. The number of hydrogen-bond donors (Lipinski definition) is 4. The first-order chi connectivity index (χ1) is 44.9. The van der Waals surface area contributed by atoms with Crippen LogP contribution in [0.5, 0.6) is 0 Å². The van der Waals surface area contributed by atoms with E-state index in [-0.39, 0.29) is 47.9 Å². The van der Waals surface area contributed by atoms with E-state index < -0.39 is 52.3 Å². The number of halogens is 3. The van der Waals surface area contributed by atoms with Gasteiger partial charge in [-0.2, -0.15) is 9.98 Å². The number of aromatic nitrogens is 4. The quantitative estimate of drug-likeness (QED) is 0.0500. The van der Waals surface area contributed by atoms with Crippen molar-refractivity contribution in [1.82, 2.24) is 51.0 Å². The highest BCUT2D eigenvalue weighted by Crippen LogP contribution is 2.34. The van der Waals surface area contributed by atoms with E-state index in [1.807, 2.05) is 90.1 Å². The number of guanidine groups is 1. The van der Waals surface area contributed by atoms with Gasteiger partial charge in [0.25, 0.3) is 11.9 Å². The Morgan fingerprint density at radius 3 is 1.27 bits per heavy atom. The minimum Gasteiger partial charge on any atom is -0.460 e. The SMILES string of the molecule is CC(C)(C)OC(=O)CC(=Nc1nc(-c2ccc(N3CCN(C(=O)OC(C)(C)C)CC3)cc2)c2cc(Cl)ccc2n1)NC(=O)OC(C)(C)C.CC(C)(C)OC(=O)N1CCNCC1.CC(C)(C)OC(=O)NC(=Nc1nc(-c2ccc(Br)cc2)c2cc(Cl)ccc2n1)NC(=O)OC(C)(C)C. The summed E-state index contributed by atoms with van der Waals surface area (Å²) in [7, 11) is 0. The first kappa shape index (κ1) is 77.5. The van der Waals surface area contributed by atoms with Gasteiger partial charge in [-0.3, -0.25) is 20.7 Å². The number of aliphatic imine (C=N–C) groups is 2. The van der Waals surface area contributed by atoms with Gasteiger partial charge in [0.15, 0.2) is 0 Å². The summed E-state index contributed by atoms with van der Waals surface area (Å²) in [6.07, 6.45) is -3.27. The van der Waals surface area contributed by atoms with E-state index in [4.69, 9.17) is 56.6 Å². The van der Waals surface area contributed by atoms with Crippen LogP contribution in [-0.4, -0.2) is 164 Å². The third kappa shape index (κ3) is 27.2. The van der Waals surface area contributed by atoms with E-state index in [2.05, 4.69) is 67.0 Å². The van der Waals surface area contributed by atoms with Gasteiger partial charge in [-0.15, -0.1) is 0 Å². The molecule has 8 rings (SSSR count). The molecule has 25 nitrogen and oxygen atoms in total. The molecule has 2 aliphatic heterocycles. The van der Waals surface area contributed by atoms with Crippen LogP contribution in [0.1, 0.15) is 131 Å². The molecule has 2 aliphatic rings. The zero-order valence-corrected chi connectivity index (χ0v) is 61.6. The molecule has 4 aromatic carbocycles. The molecule has 0 unspecified atom stereocenters. The van der Waals surface area contributed by atoms with Crippen molar-refractivity contribution in [1.29, 1.82) is 0 Å². The van der Waals surface area contributed by atoms with Crippen LogP contribution in [-0.2, 0) is 33.2 Å². The Kier molecular flexibility index (Phi) is 26.2. The van der Waals surface area contributed by atoms with E-state index in [1.165, 1.54) is 0 Å². The van der Waals surface area contributed by atoms with Crippen LogP contribution in [0.4, 0.5) is 41.6 Å². The Bertz CT molecular complexity index is 3770. The summed E-state index contributed by atoms with van der Waals surface area (Å²) >= 11 is 16.0. The summed E-state index contributed by atoms with van der Waals surface area (Å²) in [4.78, 5) is 107. The van der Waals surface area contributed by atoms with E-state index in [9.17, 15) is 28.8 Å². The number of nitrogens with zero attached hydrogens (tertiary/aromatic N) is 9. The average molecular weight is 1440 g/mol. The van der Waals surface area contributed by atoms with E-state index in [1.54, 1.807) is 129 Å². The maximum Gasteiger partial charge on any atom is 0.414 e. The second-order valence-corrected chi connectivity index (χ2v) is 30.2. The summed E-state index contributed by atoms with van der Waals surface area (Å²) in [6, 6.07) is 25.9. The highest BCUT2D eigenvalue weighted by atomic mass is 79.9. The smallest absolute Gasteiger partial charge is 0.414 e. The summed E-state index contributed by atoms with van der Waals surface area (Å²) in [5.74, 6) is -0.860. The summed E-state index contributed by atoms with van der Waals surface area (Å²) in [5, 5.41) is 13.1. The maximum absolute atomic E-state index is 12.8. The van der Waals surface area contributed by atoms with Crippen LogP contribution < -0.4 is 26.2 Å². The highest BCUT2D eigenvalue weighted by molar-refractivity contribution is 9.10. The zero-order valence-electron chi connectivity index (χ0n) is 58.5. The number of fused-ring (bicyclic) bond motifs is 2. The van der Waals surface area contributed by atoms with Crippen molar-refractivity contribution >= 4 is 127 Å². The van der Waals surface area contributed by atoms with Gasteiger partial charge in [-0.1, -0.05) is 63.4 Å². The van der Waals surface area contributed by atoms with Crippen molar-refractivity contribution < 1.29 is 57.2 Å². The number of amides is 5. The predicted molar refractivity (Wildman–Crippen MR) is 381 cm³/mol. The van der Waals surface area contributed by atoms with Crippen molar-refractivity contribution in [2.75, 3.05) is 57.3 Å². The number of amidine groups is 1. The number of benzene rings is 4. The van der Waals surface area contributed by atoms with Gasteiger partial charge in [0, 0.05) is 94.5 Å². The monoisotopic (exact) mass is 1440 g/mol. The van der Waals surface area contributed by atoms with E-state index in [0.717, 1.165) is 47.5 Å². The number of hydrogen-bond acceptors (Lipinski definition) is 20. The molecule has 524 valence electrons. The molecule has 0 bridgehead atoms. The Morgan fingerprint density at radius 2 is 0.856 bits per heavy atom. The van der Waals surface area contributed by atoms with Crippen molar-refractivity contribution in [3.63, 3.8) is 0 Å². The van der Waals surface area contributed by atoms with Crippen LogP contribution in [0.25, 0.3) is 44.3 Å². The van der Waals surface area contributed by atoms with Gasteiger partial charge < -0.3 is 48.4 Å². The van der Waals surface area contributed by atoms with Crippen LogP contribution in [0.15, 0.2) is 99.4 Å². The van der Waals surface area contributed by atoms with Crippen LogP contribution in [0, 0.1) is 0 Å². The Hall–Kier alpha value is -8.46. The molecule has 0 aliphatic carbocycles. The lowest BCUT2D eigenvalue weighted by atomic mass is 10.1. The Morgan fingerprint density at radius 1 is 0.474 bits per heavy atom. The minimum atomic E-state index is -0.821. The number of nitrogens with one attached hydrogen (secondary N) is 4. The number of carbonyl (C=O) groups is 6. The number of anilines is 1. The van der Waals surface area contributed by atoms with Crippen LogP contribution in [0.3, 0.4) is 0 Å². The molecule has 4 heterocycles. The Labute approximate surface area is 585 Å². The topological polar surface area (TPSA) is 292 Å². The lowest BCUT2D eigenvalue weighted by molar-refractivity contribution is -0.153. The summed E-state index contributed by atoms with van der Waals surface area (Å²) in [5.41, 5.74) is 0.876. The summed E-state index contributed by atoms with van der Waals surface area (Å²) < 4.78 is 33.1. The van der Waals surface area contributed by atoms with Crippen molar-refractivity contribution in [3.05, 3.63) is 99.4 Å². The first-order valence-electron chi connectivity index (χ1n) is 31.5. The van der Waals surface area contributed by atoms with Crippen molar-refractivity contribution in [2.24, 2.45) is 9.98 Å². The number of esters is 1. The molecule has 6 aromatic rings. The van der Waals surface area contributed by atoms with Gasteiger partial charge in [0.1, 0.15) is 45.9 Å². The lowest BCUT2D eigenvalue weighted by Gasteiger charge is -2.36. The molecule has 28 heteroatoms. The van der Waals surface area contributed by atoms with Gasteiger partial charge in [-0.05, 0) is 185 Å². The lowest BCUT2D eigenvalue weighted by Crippen LogP contribution is -2.50. The molecular weight excluding hydrogens is 1350 g/mol. The van der Waals surface area contributed by atoms with Gasteiger partial charge in [0.05, 0.1) is 22.4 Å². The average Bonchev–Trinajstić information content (AvgIpc) is 0.794. The standard InChI is InChI=1S/C35H45ClN6O6.C25H27BrClN5O4.C9H18N2O2/c1-33(2,3)46-28(43)21-27(39-31(44)47-34(4,5)6)38-30-37-26-15-12-23(36)20-25(26)29(40-30)22-10-13-24(14-11-22)41-16-18-42(19-17-41)32(45)48-35(7,8)9;1-24(2,3)35-22(33)31-21(32-23(34)36-25(4,5)6)30-20-28-18-12-11-16(27)13-17(18)19(29-20)14-7-9-15(26)10-8-14;1-9(2,3)13-8(12)11-6-4-10-5-7-11/h10-15,20H,16-19,21H2,1-9H3,(H,37,38,39,40,44);7-13H,1-6H3,(H2,28,29,30,31,32,33,34);10H,4-7H2,1-3H3. The van der Waals surface area contributed by atoms with Crippen molar-refractivity contribution in [3.8, 4) is 22.5 Å². The molecule has 2 saturated heterocycles. The highest BCUT2D eigenvalue weighted by Gasteiger charge is 2.29. The number of alkyl carbamates (subject to hydrolysis) is 3. The molecule has 2 fully saturated rings. The number of piperazine rings is 2. The minimum absolute atomic E-state index is 0.00939. The third-order valence-corrected chi connectivity index (χ3v) is 13.7. The molecule has 0 spiro atoms. The molecule has 0 atom stereocenters. The van der Waals surface area contributed by atoms with E-state index >= 15 is 0 Å². The molecule has 2 aromatic heterocycles. The fourth-order valence-corrected chi connectivity index (χ4v) is 9.57. The van der Waals surface area contributed by atoms with E-state index in [0.29, 0.717) is 69.4 Å². The molecular formula is C69H90BrCl2N13O12. The number of rotatable bonds is 7. The van der Waals surface area contributed by atoms with Gasteiger partial charge >= 0.3 is 36.4 Å². The second kappa shape index (κ2) is 32.7. The van der Waals surface area contributed by atoms with Gasteiger partial charge in [0.2, 0.25) is 5.96 Å². The summed E-state index contributed by atoms with van der Waals surface area (Å²) in [6.45, 7) is 37.6. The van der Waals surface area contributed by atoms with Gasteiger partial charge in [-0.25, -0.2) is 43.9 Å².